The summed E-state index contributed by atoms with van der Waals surface area (Å²) in [6, 6.07) is 7.95. The van der Waals surface area contributed by atoms with Crippen LogP contribution in [0.25, 0.3) is 0 Å². The smallest absolute Gasteiger partial charge is 0.0762 e. The van der Waals surface area contributed by atoms with Gasteiger partial charge in [0.25, 0.3) is 0 Å². The third kappa shape index (κ3) is 1.60. The Morgan fingerprint density at radius 1 is 1.46 bits per heavy atom. The number of hydrogen-bond donors (Lipinski definition) is 2. The first-order valence-electron chi connectivity index (χ1n) is 4.69. The predicted molar refractivity (Wildman–Crippen MR) is 52.2 cm³/mol. The van der Waals surface area contributed by atoms with Gasteiger partial charge in [0.2, 0.25) is 0 Å². The number of aliphatic hydroxyl groups is 1. The molecule has 3 N–H and O–H groups in total. The van der Waals surface area contributed by atoms with E-state index in [0.29, 0.717) is 0 Å². The summed E-state index contributed by atoms with van der Waals surface area (Å²) in [6.07, 6.45) is 1.73. The lowest BCUT2D eigenvalue weighted by atomic mass is 10.0. The minimum absolute atomic E-state index is 0.0924. The minimum atomic E-state index is -0.401. The monoisotopic (exact) mass is 177 g/mol. The van der Waals surface area contributed by atoms with Crippen molar-refractivity contribution in [3.8, 4) is 0 Å². The summed E-state index contributed by atoms with van der Waals surface area (Å²) in [7, 11) is 0. The molecule has 0 saturated heterocycles. The highest BCUT2D eigenvalue weighted by molar-refractivity contribution is 5.33. The zero-order valence-corrected chi connectivity index (χ0v) is 7.83. The average molecular weight is 177 g/mol. The number of rotatable bonds is 2. The van der Waals surface area contributed by atoms with Crippen LogP contribution in [0.1, 0.15) is 37.0 Å². The largest absolute Gasteiger partial charge is 0.389 e. The van der Waals surface area contributed by atoms with E-state index in [1.165, 1.54) is 0 Å². The molecule has 0 bridgehead atoms. The number of aliphatic hydroxyl groups excluding tert-OH is 1. The fourth-order valence-electron chi connectivity index (χ4n) is 1.53. The molecule has 2 heteroatoms. The van der Waals surface area contributed by atoms with E-state index in [9.17, 15) is 5.11 Å². The minimum Gasteiger partial charge on any atom is -0.389 e. The summed E-state index contributed by atoms with van der Waals surface area (Å²) in [4.78, 5) is 0. The zero-order chi connectivity index (χ0) is 9.47. The van der Waals surface area contributed by atoms with E-state index in [-0.39, 0.29) is 5.54 Å². The molecule has 1 aliphatic rings. The molecule has 1 aliphatic carbocycles. The molecule has 0 aromatic heterocycles. The Hall–Kier alpha value is -0.860. The molecule has 1 atom stereocenters. The fraction of sp³-hybridized carbons (Fsp3) is 0.455. The Bertz CT molecular complexity index is 316. The predicted octanol–water partition coefficient (Wildman–Crippen LogP) is 1.69. The van der Waals surface area contributed by atoms with Crippen LogP contribution in [-0.4, -0.2) is 5.11 Å². The highest BCUT2D eigenvalue weighted by Gasteiger charge is 2.39. The molecule has 1 fully saturated rings. The summed E-state index contributed by atoms with van der Waals surface area (Å²) >= 11 is 0. The Morgan fingerprint density at radius 2 is 2.15 bits per heavy atom. The van der Waals surface area contributed by atoms with E-state index in [0.717, 1.165) is 24.0 Å². The van der Waals surface area contributed by atoms with Gasteiger partial charge in [0.05, 0.1) is 6.10 Å². The maximum Gasteiger partial charge on any atom is 0.0762 e. The van der Waals surface area contributed by atoms with E-state index in [1.807, 2.05) is 24.3 Å². The highest BCUT2D eigenvalue weighted by atomic mass is 16.3. The molecule has 2 rings (SSSR count). The van der Waals surface area contributed by atoms with E-state index < -0.39 is 6.10 Å². The normalized spacial score (nSPS) is 21.2. The summed E-state index contributed by atoms with van der Waals surface area (Å²) < 4.78 is 0. The number of nitrogens with two attached hydrogens (primary N) is 1. The van der Waals surface area contributed by atoms with Crippen molar-refractivity contribution in [3.63, 3.8) is 0 Å². The van der Waals surface area contributed by atoms with Crippen LogP contribution in [0.15, 0.2) is 24.3 Å². The third-order valence-corrected chi connectivity index (χ3v) is 2.73. The highest BCUT2D eigenvalue weighted by Crippen LogP contribution is 2.42. The van der Waals surface area contributed by atoms with Gasteiger partial charge in [-0.25, -0.2) is 0 Å². The Labute approximate surface area is 78.4 Å². The molecule has 0 aliphatic heterocycles. The first-order valence-corrected chi connectivity index (χ1v) is 4.69. The molecule has 2 nitrogen and oxygen atoms in total. The van der Waals surface area contributed by atoms with Crippen LogP contribution in [-0.2, 0) is 5.54 Å². The van der Waals surface area contributed by atoms with Crippen LogP contribution in [0.5, 0.6) is 0 Å². The number of hydrogen-bond acceptors (Lipinski definition) is 2. The van der Waals surface area contributed by atoms with Crippen LogP contribution >= 0.6 is 0 Å². The van der Waals surface area contributed by atoms with Gasteiger partial charge in [0.1, 0.15) is 0 Å². The van der Waals surface area contributed by atoms with E-state index in [2.05, 4.69) is 0 Å². The molecule has 0 heterocycles. The van der Waals surface area contributed by atoms with Gasteiger partial charge in [-0.05, 0) is 30.9 Å². The standard InChI is InChI=1S/C11H15NO/c1-8(13)9-3-2-4-10(7-9)11(12)5-6-11/h2-4,7-8,13H,5-6,12H2,1H3. The molecule has 1 unspecified atom stereocenters. The van der Waals surface area contributed by atoms with Crippen molar-refractivity contribution in [1.29, 1.82) is 0 Å². The van der Waals surface area contributed by atoms with Crippen molar-refractivity contribution in [1.82, 2.24) is 0 Å². The lowest BCUT2D eigenvalue weighted by Crippen LogP contribution is -2.18. The van der Waals surface area contributed by atoms with Crippen LogP contribution in [0.3, 0.4) is 0 Å². The molecule has 1 aromatic rings. The first-order chi connectivity index (χ1) is 6.12. The van der Waals surface area contributed by atoms with Gasteiger partial charge in [-0.2, -0.15) is 0 Å². The van der Waals surface area contributed by atoms with Crippen LogP contribution in [0.2, 0.25) is 0 Å². The van der Waals surface area contributed by atoms with Gasteiger partial charge in [-0.1, -0.05) is 24.3 Å². The molecular weight excluding hydrogens is 162 g/mol. The zero-order valence-electron chi connectivity index (χ0n) is 7.83. The van der Waals surface area contributed by atoms with Gasteiger partial charge in [0, 0.05) is 5.54 Å². The second-order valence-corrected chi connectivity index (χ2v) is 3.96. The summed E-state index contributed by atoms with van der Waals surface area (Å²) in [5.74, 6) is 0. The Morgan fingerprint density at radius 3 is 2.69 bits per heavy atom. The van der Waals surface area contributed by atoms with Crippen LogP contribution < -0.4 is 5.73 Å². The molecule has 0 amide bonds. The fourth-order valence-corrected chi connectivity index (χ4v) is 1.53. The van der Waals surface area contributed by atoms with Crippen molar-refractivity contribution in [2.24, 2.45) is 5.73 Å². The van der Waals surface area contributed by atoms with Gasteiger partial charge in [0.15, 0.2) is 0 Å². The van der Waals surface area contributed by atoms with Crippen LogP contribution in [0.4, 0.5) is 0 Å². The lowest BCUT2D eigenvalue weighted by molar-refractivity contribution is 0.199. The lowest BCUT2D eigenvalue weighted by Gasteiger charge is -2.12. The Balaban J connectivity index is 2.33. The molecule has 13 heavy (non-hydrogen) atoms. The van der Waals surface area contributed by atoms with Crippen molar-refractivity contribution in [2.75, 3.05) is 0 Å². The first kappa shape index (κ1) is 8.73. The quantitative estimate of drug-likeness (QED) is 0.722. The van der Waals surface area contributed by atoms with Gasteiger partial charge in [-0.3, -0.25) is 0 Å². The molecule has 70 valence electrons. The SMILES string of the molecule is CC(O)c1cccc(C2(N)CC2)c1. The van der Waals surface area contributed by atoms with E-state index in [4.69, 9.17) is 5.73 Å². The third-order valence-electron chi connectivity index (χ3n) is 2.73. The van der Waals surface area contributed by atoms with Gasteiger partial charge < -0.3 is 10.8 Å². The Kier molecular flexibility index (Phi) is 1.90. The van der Waals surface area contributed by atoms with E-state index in [1.54, 1.807) is 6.92 Å². The van der Waals surface area contributed by atoms with Gasteiger partial charge >= 0.3 is 0 Å². The van der Waals surface area contributed by atoms with Crippen molar-refractivity contribution in [2.45, 2.75) is 31.4 Å². The van der Waals surface area contributed by atoms with E-state index >= 15 is 0 Å². The second-order valence-electron chi connectivity index (χ2n) is 3.96. The maximum absolute atomic E-state index is 9.39. The number of benzene rings is 1. The van der Waals surface area contributed by atoms with Crippen molar-refractivity contribution >= 4 is 0 Å². The second kappa shape index (κ2) is 2.82. The summed E-state index contributed by atoms with van der Waals surface area (Å²) in [5.41, 5.74) is 8.07. The molecule has 0 spiro atoms. The summed E-state index contributed by atoms with van der Waals surface area (Å²) in [5, 5.41) is 9.39. The molecule has 1 aromatic carbocycles. The van der Waals surface area contributed by atoms with Crippen LogP contribution in [0, 0.1) is 0 Å². The molecular formula is C11H15NO. The maximum atomic E-state index is 9.39. The summed E-state index contributed by atoms with van der Waals surface area (Å²) in [6.45, 7) is 1.77. The molecule has 0 radical (unpaired) electrons. The van der Waals surface area contributed by atoms with Crippen molar-refractivity contribution in [3.05, 3.63) is 35.4 Å². The van der Waals surface area contributed by atoms with Gasteiger partial charge in [-0.15, -0.1) is 0 Å². The topological polar surface area (TPSA) is 46.2 Å². The molecule has 1 saturated carbocycles. The average Bonchev–Trinajstić information content (AvgIpc) is 2.85. The van der Waals surface area contributed by atoms with Crippen molar-refractivity contribution < 1.29 is 5.11 Å².